The molecule has 0 fully saturated rings. The van der Waals surface area contributed by atoms with Crippen molar-refractivity contribution in [1.82, 2.24) is 4.98 Å². The van der Waals surface area contributed by atoms with E-state index in [2.05, 4.69) is 60.8 Å². The van der Waals surface area contributed by atoms with Gasteiger partial charge in [-0.2, -0.15) is 5.26 Å². The second-order valence-corrected chi connectivity index (χ2v) is 9.60. The van der Waals surface area contributed by atoms with Crippen molar-refractivity contribution in [2.75, 3.05) is 4.72 Å². The summed E-state index contributed by atoms with van der Waals surface area (Å²) in [7, 11) is 0. The Morgan fingerprint density at radius 3 is 2.45 bits per heavy atom. The van der Waals surface area contributed by atoms with E-state index in [1.165, 1.54) is 17.5 Å². The third-order valence-electron chi connectivity index (χ3n) is 5.44. The Bertz CT molecular complexity index is 1380. The summed E-state index contributed by atoms with van der Waals surface area (Å²) in [5.41, 5.74) is 4.89. The first-order valence-corrected chi connectivity index (χ1v) is 11.3. The monoisotopic (exact) mass is 453 g/mol. The SMILES string of the molecule is CC(C)(C)c1ccc(SNc2ccc(C#N)cc2-c2ccc(C(=O)O)c3ncccc23)cc1. The van der Waals surface area contributed by atoms with E-state index in [1.54, 1.807) is 30.5 Å². The Hall–Kier alpha value is -3.82. The van der Waals surface area contributed by atoms with Gasteiger partial charge >= 0.3 is 5.97 Å². The van der Waals surface area contributed by atoms with Crippen molar-refractivity contribution in [3.05, 3.63) is 89.6 Å². The van der Waals surface area contributed by atoms with E-state index in [0.717, 1.165) is 27.1 Å². The van der Waals surface area contributed by atoms with Crippen LogP contribution in [0.15, 0.2) is 77.8 Å². The number of aromatic nitrogens is 1. The number of aromatic carboxylic acids is 1. The van der Waals surface area contributed by atoms with E-state index < -0.39 is 5.97 Å². The van der Waals surface area contributed by atoms with Crippen molar-refractivity contribution in [3.8, 4) is 17.2 Å². The first-order chi connectivity index (χ1) is 15.8. The molecule has 0 spiro atoms. The zero-order valence-corrected chi connectivity index (χ0v) is 19.4. The molecule has 164 valence electrons. The van der Waals surface area contributed by atoms with Gasteiger partial charge in [0.15, 0.2) is 0 Å². The van der Waals surface area contributed by atoms with Crippen LogP contribution in [0, 0.1) is 11.3 Å². The zero-order valence-electron chi connectivity index (χ0n) is 18.6. The van der Waals surface area contributed by atoms with Gasteiger partial charge in [-0.1, -0.05) is 45.0 Å². The summed E-state index contributed by atoms with van der Waals surface area (Å²) in [6.45, 7) is 6.56. The van der Waals surface area contributed by atoms with Crippen LogP contribution < -0.4 is 4.72 Å². The van der Waals surface area contributed by atoms with Crippen LogP contribution in [0.3, 0.4) is 0 Å². The number of hydrogen-bond acceptors (Lipinski definition) is 5. The molecule has 0 radical (unpaired) electrons. The summed E-state index contributed by atoms with van der Waals surface area (Å²) in [5, 5.41) is 19.7. The first kappa shape index (κ1) is 22.4. The average Bonchev–Trinajstić information content (AvgIpc) is 2.81. The molecule has 1 heterocycles. The largest absolute Gasteiger partial charge is 0.478 e. The molecule has 0 bridgehead atoms. The predicted octanol–water partition coefficient (Wildman–Crippen LogP) is 6.89. The van der Waals surface area contributed by atoms with Gasteiger partial charge in [-0.15, -0.1) is 0 Å². The molecule has 0 amide bonds. The summed E-state index contributed by atoms with van der Waals surface area (Å²) in [4.78, 5) is 17.0. The Morgan fingerprint density at radius 2 is 1.79 bits per heavy atom. The van der Waals surface area contributed by atoms with Crippen LogP contribution in [0.4, 0.5) is 5.69 Å². The molecule has 0 aliphatic rings. The number of nitriles is 1. The smallest absolute Gasteiger partial charge is 0.337 e. The second kappa shape index (κ2) is 8.97. The third kappa shape index (κ3) is 4.69. The lowest BCUT2D eigenvalue weighted by molar-refractivity contribution is 0.0699. The van der Waals surface area contributed by atoms with Crippen molar-refractivity contribution in [2.45, 2.75) is 31.1 Å². The average molecular weight is 454 g/mol. The summed E-state index contributed by atoms with van der Waals surface area (Å²) in [6.07, 6.45) is 1.58. The fourth-order valence-corrected chi connectivity index (χ4v) is 4.32. The molecule has 33 heavy (non-hydrogen) atoms. The van der Waals surface area contributed by atoms with Crippen LogP contribution in [0.2, 0.25) is 0 Å². The molecule has 0 unspecified atom stereocenters. The maximum atomic E-state index is 11.7. The molecule has 0 atom stereocenters. The van der Waals surface area contributed by atoms with E-state index in [-0.39, 0.29) is 11.0 Å². The molecule has 6 heteroatoms. The Kier molecular flexibility index (Phi) is 6.08. The molecule has 1 aromatic heterocycles. The fourth-order valence-electron chi connectivity index (χ4n) is 3.64. The van der Waals surface area contributed by atoms with Crippen molar-refractivity contribution in [1.29, 1.82) is 5.26 Å². The van der Waals surface area contributed by atoms with Crippen LogP contribution >= 0.6 is 11.9 Å². The number of pyridine rings is 1. The summed E-state index contributed by atoms with van der Waals surface area (Å²) in [5.74, 6) is -1.02. The van der Waals surface area contributed by atoms with Gasteiger partial charge in [0.1, 0.15) is 0 Å². The lowest BCUT2D eigenvalue weighted by Crippen LogP contribution is -2.10. The van der Waals surface area contributed by atoms with E-state index in [1.807, 2.05) is 18.2 Å². The highest BCUT2D eigenvalue weighted by molar-refractivity contribution is 8.00. The molecule has 0 aliphatic carbocycles. The number of carboxylic acid groups (broad SMARTS) is 1. The molecular formula is C27H23N3O2S. The maximum absolute atomic E-state index is 11.7. The summed E-state index contributed by atoms with van der Waals surface area (Å²) < 4.78 is 3.41. The Labute approximate surface area is 197 Å². The van der Waals surface area contributed by atoms with Crippen LogP contribution in [-0.2, 0) is 5.41 Å². The van der Waals surface area contributed by atoms with Crippen LogP contribution in [0.5, 0.6) is 0 Å². The topological polar surface area (TPSA) is 86.0 Å². The van der Waals surface area contributed by atoms with E-state index >= 15 is 0 Å². The van der Waals surface area contributed by atoms with Gasteiger partial charge in [-0.25, -0.2) is 4.79 Å². The highest BCUT2D eigenvalue weighted by atomic mass is 32.2. The number of rotatable bonds is 5. The van der Waals surface area contributed by atoms with Crippen molar-refractivity contribution < 1.29 is 9.90 Å². The van der Waals surface area contributed by atoms with Gasteiger partial charge < -0.3 is 9.83 Å². The van der Waals surface area contributed by atoms with Crippen LogP contribution in [0.25, 0.3) is 22.0 Å². The molecular weight excluding hydrogens is 430 g/mol. The number of benzene rings is 3. The fraction of sp³-hybridized carbons (Fsp3) is 0.148. The molecule has 4 aromatic rings. The number of nitrogens with one attached hydrogen (secondary N) is 1. The lowest BCUT2D eigenvalue weighted by atomic mass is 9.87. The van der Waals surface area contributed by atoms with E-state index in [0.29, 0.717) is 11.1 Å². The number of fused-ring (bicyclic) bond motifs is 1. The van der Waals surface area contributed by atoms with Crippen LogP contribution in [-0.4, -0.2) is 16.1 Å². The van der Waals surface area contributed by atoms with Crippen molar-refractivity contribution >= 4 is 34.5 Å². The highest BCUT2D eigenvalue weighted by Gasteiger charge is 2.17. The molecule has 4 rings (SSSR count). The molecule has 2 N–H and O–H groups in total. The van der Waals surface area contributed by atoms with Gasteiger partial charge in [0.05, 0.1) is 28.4 Å². The van der Waals surface area contributed by atoms with E-state index in [4.69, 9.17) is 0 Å². The highest BCUT2D eigenvalue weighted by Crippen LogP contribution is 2.37. The standard InChI is InChI=1S/C27H23N3O2S/c1-27(2,3)18-7-9-19(10-8-18)33-30-24-13-6-17(16-28)15-23(24)20-11-12-22(26(31)32)25-21(20)5-4-14-29-25/h4-15,30H,1-3H3,(H,31,32). The number of hydrogen-bond donors (Lipinski definition) is 2. The molecule has 0 saturated heterocycles. The van der Waals surface area contributed by atoms with Gasteiger partial charge in [0.25, 0.3) is 0 Å². The predicted molar refractivity (Wildman–Crippen MR) is 133 cm³/mol. The van der Waals surface area contributed by atoms with Gasteiger partial charge in [-0.3, -0.25) is 4.98 Å². The minimum atomic E-state index is -1.02. The Balaban J connectivity index is 1.74. The number of anilines is 1. The quantitative estimate of drug-likeness (QED) is 0.320. The maximum Gasteiger partial charge on any atom is 0.337 e. The van der Waals surface area contributed by atoms with E-state index in [9.17, 15) is 15.2 Å². The number of carbonyl (C=O) groups is 1. The molecule has 5 nitrogen and oxygen atoms in total. The lowest BCUT2D eigenvalue weighted by Gasteiger charge is -2.19. The molecule has 0 aliphatic heterocycles. The molecule has 3 aromatic carbocycles. The minimum Gasteiger partial charge on any atom is -0.478 e. The van der Waals surface area contributed by atoms with Crippen LogP contribution in [0.1, 0.15) is 42.3 Å². The van der Waals surface area contributed by atoms with Gasteiger partial charge in [0, 0.05) is 22.0 Å². The second-order valence-electron chi connectivity index (χ2n) is 8.72. The first-order valence-electron chi connectivity index (χ1n) is 10.5. The Morgan fingerprint density at radius 1 is 1.03 bits per heavy atom. The minimum absolute atomic E-state index is 0.0914. The van der Waals surface area contributed by atoms with Crippen molar-refractivity contribution in [3.63, 3.8) is 0 Å². The molecule has 0 saturated carbocycles. The normalized spacial score (nSPS) is 11.2. The summed E-state index contributed by atoms with van der Waals surface area (Å²) >= 11 is 1.49. The number of nitrogens with zero attached hydrogens (tertiary/aromatic N) is 2. The van der Waals surface area contributed by atoms with Crippen molar-refractivity contribution in [2.24, 2.45) is 0 Å². The third-order valence-corrected chi connectivity index (χ3v) is 6.27. The zero-order chi connectivity index (χ0) is 23.6. The summed E-state index contributed by atoms with van der Waals surface area (Å²) in [6, 6.07) is 23.1. The number of carboxylic acids is 1. The van der Waals surface area contributed by atoms with Gasteiger partial charge in [0.2, 0.25) is 0 Å². The van der Waals surface area contributed by atoms with Gasteiger partial charge in [-0.05, 0) is 71.0 Å².